The van der Waals surface area contributed by atoms with E-state index in [9.17, 15) is 0 Å². The summed E-state index contributed by atoms with van der Waals surface area (Å²) in [6.45, 7) is 4.14. The Hall–Kier alpha value is -3.03. The van der Waals surface area contributed by atoms with Crippen LogP contribution in [-0.4, -0.2) is 34.1 Å². The fourth-order valence-electron chi connectivity index (χ4n) is 3.76. The predicted octanol–water partition coefficient (Wildman–Crippen LogP) is 4.70. The molecule has 3 N–H and O–H groups in total. The highest BCUT2D eigenvalue weighted by Gasteiger charge is 2.18. The molecule has 0 bridgehead atoms. The van der Waals surface area contributed by atoms with Crippen molar-refractivity contribution in [2.45, 2.75) is 25.4 Å². The maximum Gasteiger partial charge on any atom is 0.162 e. The summed E-state index contributed by atoms with van der Waals surface area (Å²) in [4.78, 5) is 14.2. The third-order valence-electron chi connectivity index (χ3n) is 5.39. The van der Waals surface area contributed by atoms with E-state index in [1.54, 1.807) is 11.3 Å². The van der Waals surface area contributed by atoms with Crippen LogP contribution in [0.25, 0.3) is 21.6 Å². The van der Waals surface area contributed by atoms with Crippen molar-refractivity contribution in [2.24, 2.45) is 0 Å². The Morgan fingerprint density at radius 3 is 2.87 bits per heavy atom. The summed E-state index contributed by atoms with van der Waals surface area (Å²) in [7, 11) is 0. The average Bonchev–Trinajstić information content (AvgIpc) is 3.46. The number of aromatic nitrogens is 3. The van der Waals surface area contributed by atoms with Gasteiger partial charge in [0.2, 0.25) is 0 Å². The third-order valence-corrected chi connectivity index (χ3v) is 6.30. The van der Waals surface area contributed by atoms with E-state index >= 15 is 0 Å². The normalized spacial score (nSPS) is 17.2. The van der Waals surface area contributed by atoms with Gasteiger partial charge in [0.1, 0.15) is 11.6 Å². The molecular formula is C23H24N6S. The maximum absolute atomic E-state index is 4.89. The first-order valence-electron chi connectivity index (χ1n) is 10.3. The number of nitrogens with one attached hydrogen (secondary N) is 3. The van der Waals surface area contributed by atoms with Crippen LogP contribution in [0.4, 0.5) is 11.6 Å². The number of fused-ring (bicyclic) bond motifs is 1. The van der Waals surface area contributed by atoms with Crippen molar-refractivity contribution in [1.29, 1.82) is 0 Å². The van der Waals surface area contributed by atoms with Gasteiger partial charge in [-0.25, -0.2) is 15.0 Å². The molecule has 152 valence electrons. The van der Waals surface area contributed by atoms with Crippen molar-refractivity contribution in [1.82, 2.24) is 20.3 Å². The first-order valence-corrected chi connectivity index (χ1v) is 11.1. The van der Waals surface area contributed by atoms with Gasteiger partial charge in [-0.3, -0.25) is 0 Å². The van der Waals surface area contributed by atoms with Gasteiger partial charge in [0, 0.05) is 30.4 Å². The number of rotatable bonds is 6. The van der Waals surface area contributed by atoms with E-state index in [1.807, 2.05) is 24.4 Å². The van der Waals surface area contributed by atoms with Crippen molar-refractivity contribution in [2.75, 3.05) is 23.7 Å². The lowest BCUT2D eigenvalue weighted by atomic mass is 10.1. The van der Waals surface area contributed by atoms with Crippen LogP contribution < -0.4 is 16.0 Å². The lowest BCUT2D eigenvalue weighted by Gasteiger charge is -2.16. The van der Waals surface area contributed by atoms with E-state index in [0.717, 1.165) is 46.9 Å². The molecule has 1 saturated heterocycles. The van der Waals surface area contributed by atoms with Crippen molar-refractivity contribution < 1.29 is 0 Å². The Balaban J connectivity index is 1.44. The summed E-state index contributed by atoms with van der Waals surface area (Å²) in [5.41, 5.74) is 3.15. The molecule has 4 heterocycles. The smallest absolute Gasteiger partial charge is 0.162 e. The molecule has 0 aliphatic carbocycles. The van der Waals surface area contributed by atoms with Crippen LogP contribution in [0.2, 0.25) is 0 Å². The molecule has 2 unspecified atom stereocenters. The largest absolute Gasteiger partial charge is 0.365 e. The number of hydrogen-bond acceptors (Lipinski definition) is 7. The Bertz CT molecular complexity index is 1140. The Kier molecular flexibility index (Phi) is 5.29. The average molecular weight is 417 g/mol. The molecule has 1 aliphatic rings. The molecule has 7 heteroatoms. The van der Waals surface area contributed by atoms with Crippen molar-refractivity contribution in [3.05, 3.63) is 65.7 Å². The summed E-state index contributed by atoms with van der Waals surface area (Å²) in [5.74, 6) is 2.45. The fourth-order valence-corrected chi connectivity index (χ4v) is 4.54. The molecule has 0 spiro atoms. The van der Waals surface area contributed by atoms with E-state index < -0.39 is 0 Å². The van der Waals surface area contributed by atoms with E-state index in [0.29, 0.717) is 11.9 Å². The minimum Gasteiger partial charge on any atom is -0.365 e. The van der Waals surface area contributed by atoms with Gasteiger partial charge >= 0.3 is 0 Å². The summed E-state index contributed by atoms with van der Waals surface area (Å²) >= 11 is 1.68. The Morgan fingerprint density at radius 1 is 1.13 bits per heavy atom. The number of hydrogen-bond donors (Lipinski definition) is 3. The van der Waals surface area contributed by atoms with E-state index in [1.165, 1.54) is 5.56 Å². The quantitative estimate of drug-likeness (QED) is 0.423. The number of nitrogens with zero attached hydrogens (tertiary/aromatic N) is 3. The minimum absolute atomic E-state index is 0.154. The molecule has 5 rings (SSSR count). The molecule has 1 aromatic carbocycles. The second-order valence-electron chi connectivity index (χ2n) is 7.57. The highest BCUT2D eigenvalue weighted by Crippen LogP contribution is 2.30. The van der Waals surface area contributed by atoms with Gasteiger partial charge in [-0.2, -0.15) is 0 Å². The predicted molar refractivity (Wildman–Crippen MR) is 124 cm³/mol. The van der Waals surface area contributed by atoms with E-state index in [-0.39, 0.29) is 6.04 Å². The lowest BCUT2D eigenvalue weighted by Crippen LogP contribution is -2.22. The SMILES string of the molecule is CC(Nc1cc(-c2nc(NC3CCNC3)c3sccc3n2)ccn1)c1ccccc1. The summed E-state index contributed by atoms with van der Waals surface area (Å²) in [6, 6.07) is 17.0. The molecule has 4 aromatic rings. The molecule has 3 aromatic heterocycles. The van der Waals surface area contributed by atoms with Crippen molar-refractivity contribution >= 4 is 33.2 Å². The number of thiophene rings is 1. The van der Waals surface area contributed by atoms with Gasteiger partial charge in [-0.05, 0) is 49.0 Å². The molecule has 2 atom stereocenters. The highest BCUT2D eigenvalue weighted by atomic mass is 32.1. The van der Waals surface area contributed by atoms with Crippen LogP contribution in [0.5, 0.6) is 0 Å². The minimum atomic E-state index is 0.154. The second-order valence-corrected chi connectivity index (χ2v) is 8.49. The van der Waals surface area contributed by atoms with Crippen LogP contribution in [0.15, 0.2) is 60.1 Å². The van der Waals surface area contributed by atoms with Gasteiger partial charge < -0.3 is 16.0 Å². The fraction of sp³-hybridized carbons (Fsp3) is 0.261. The molecule has 1 fully saturated rings. The van der Waals surface area contributed by atoms with Gasteiger partial charge in [-0.15, -0.1) is 11.3 Å². The number of benzene rings is 1. The second kappa shape index (κ2) is 8.38. The zero-order valence-electron chi connectivity index (χ0n) is 16.8. The molecular weight excluding hydrogens is 392 g/mol. The van der Waals surface area contributed by atoms with Crippen molar-refractivity contribution in [3.63, 3.8) is 0 Å². The first-order chi connectivity index (χ1) is 14.8. The van der Waals surface area contributed by atoms with Crippen LogP contribution in [0.1, 0.15) is 24.9 Å². The third kappa shape index (κ3) is 3.99. The molecule has 0 saturated carbocycles. The molecule has 0 radical (unpaired) electrons. The number of pyridine rings is 1. The van der Waals surface area contributed by atoms with Crippen LogP contribution in [0.3, 0.4) is 0 Å². The summed E-state index contributed by atoms with van der Waals surface area (Å²) < 4.78 is 1.11. The standard InChI is InChI=1S/C23H24N6S/c1-15(16-5-3-2-4-6-16)26-20-13-17(7-11-25-20)22-28-19-9-12-30-21(19)23(29-22)27-18-8-10-24-14-18/h2-7,9,11-13,15,18,24H,8,10,14H2,1H3,(H,25,26)(H,27,28,29). The molecule has 30 heavy (non-hydrogen) atoms. The van der Waals surface area contributed by atoms with Crippen LogP contribution in [-0.2, 0) is 0 Å². The monoisotopic (exact) mass is 416 g/mol. The zero-order chi connectivity index (χ0) is 20.3. The molecule has 0 amide bonds. The van der Waals surface area contributed by atoms with E-state index in [4.69, 9.17) is 9.97 Å². The van der Waals surface area contributed by atoms with Gasteiger partial charge in [0.25, 0.3) is 0 Å². The summed E-state index contributed by atoms with van der Waals surface area (Å²) in [5, 5.41) is 12.6. The molecule has 6 nitrogen and oxygen atoms in total. The highest BCUT2D eigenvalue weighted by molar-refractivity contribution is 7.17. The van der Waals surface area contributed by atoms with Crippen LogP contribution >= 0.6 is 11.3 Å². The summed E-state index contributed by atoms with van der Waals surface area (Å²) in [6.07, 6.45) is 2.91. The Morgan fingerprint density at radius 2 is 2.03 bits per heavy atom. The Labute approximate surface area is 179 Å². The zero-order valence-corrected chi connectivity index (χ0v) is 17.6. The van der Waals surface area contributed by atoms with Crippen molar-refractivity contribution in [3.8, 4) is 11.4 Å². The topological polar surface area (TPSA) is 74.8 Å². The number of anilines is 2. The van der Waals surface area contributed by atoms with E-state index in [2.05, 4.69) is 63.6 Å². The van der Waals surface area contributed by atoms with Gasteiger partial charge in [-0.1, -0.05) is 30.3 Å². The van der Waals surface area contributed by atoms with Gasteiger partial charge in [0.15, 0.2) is 5.82 Å². The first kappa shape index (κ1) is 19.0. The maximum atomic E-state index is 4.89. The van der Waals surface area contributed by atoms with Gasteiger partial charge in [0.05, 0.1) is 10.2 Å². The molecule has 1 aliphatic heterocycles. The van der Waals surface area contributed by atoms with Crippen LogP contribution in [0, 0.1) is 0 Å². The lowest BCUT2D eigenvalue weighted by molar-refractivity contribution is 0.789.